The van der Waals surface area contributed by atoms with Crippen molar-refractivity contribution in [2.45, 2.75) is 82.5 Å². The molecule has 0 aliphatic heterocycles. The van der Waals surface area contributed by atoms with E-state index in [1.165, 1.54) is 0 Å². The minimum absolute atomic E-state index is 0.0234. The first-order valence-corrected chi connectivity index (χ1v) is 13.5. The second kappa shape index (κ2) is 9.91. The van der Waals surface area contributed by atoms with E-state index in [1.807, 2.05) is 6.07 Å². The molecule has 208 valence electrons. The first kappa shape index (κ1) is 25.8. The molecule has 2 amide bonds. The van der Waals surface area contributed by atoms with Gasteiger partial charge >= 0.3 is 0 Å². The van der Waals surface area contributed by atoms with Gasteiger partial charge in [-0.2, -0.15) is 5.10 Å². The molecule has 10 nitrogen and oxygen atoms in total. The third-order valence-corrected chi connectivity index (χ3v) is 8.34. The highest BCUT2D eigenvalue weighted by Crippen LogP contribution is 2.43. The van der Waals surface area contributed by atoms with Crippen LogP contribution in [-0.2, 0) is 4.79 Å². The van der Waals surface area contributed by atoms with Gasteiger partial charge in [0.05, 0.1) is 36.1 Å². The molecule has 13 heteroatoms. The Balaban J connectivity index is 1.27. The van der Waals surface area contributed by atoms with Crippen LogP contribution in [0.1, 0.15) is 90.9 Å². The van der Waals surface area contributed by atoms with Gasteiger partial charge in [0.1, 0.15) is 11.9 Å². The topological polar surface area (TPSA) is 127 Å². The summed E-state index contributed by atoms with van der Waals surface area (Å²) in [5.41, 5.74) is 2.09. The molecule has 0 saturated heterocycles. The minimum Gasteiger partial charge on any atom is -0.349 e. The highest BCUT2D eigenvalue weighted by Gasteiger charge is 2.41. The molecule has 3 fully saturated rings. The Labute approximate surface area is 222 Å². The number of amides is 2. The summed E-state index contributed by atoms with van der Waals surface area (Å²) in [5, 5.41) is 17.7. The number of carbonyl (C=O) groups is 2. The average Bonchev–Trinajstić information content (AvgIpc) is 3.50. The predicted octanol–water partition coefficient (Wildman–Crippen LogP) is 4.03. The van der Waals surface area contributed by atoms with Crippen LogP contribution in [0.3, 0.4) is 0 Å². The molecular formula is C26H30F3N7O3. The molecule has 0 radical (unpaired) electrons. The summed E-state index contributed by atoms with van der Waals surface area (Å²) in [6.45, 7) is 1.59. The number of nitrogens with one attached hydrogen (secondary N) is 2. The maximum Gasteiger partial charge on any atom is 0.276 e. The number of aryl methyl sites for hydroxylation is 1. The Bertz CT molecular complexity index is 1380. The number of hydrogen-bond acceptors (Lipinski definition) is 7. The number of alkyl halides is 3. The number of carbonyl (C=O) groups excluding carboxylic acids is 2. The summed E-state index contributed by atoms with van der Waals surface area (Å²) in [5.74, 6) is -4.15. The number of hydrogen-bond donors (Lipinski definition) is 2. The first-order valence-electron chi connectivity index (χ1n) is 13.5. The van der Waals surface area contributed by atoms with Crippen molar-refractivity contribution in [1.82, 2.24) is 35.5 Å². The fourth-order valence-electron chi connectivity index (χ4n) is 5.62. The van der Waals surface area contributed by atoms with E-state index in [9.17, 15) is 22.8 Å². The zero-order valence-electron chi connectivity index (χ0n) is 21.4. The zero-order valence-corrected chi connectivity index (χ0v) is 21.4. The van der Waals surface area contributed by atoms with Crippen molar-refractivity contribution in [2.75, 3.05) is 0 Å². The van der Waals surface area contributed by atoms with Crippen LogP contribution in [0, 0.1) is 24.7 Å². The van der Waals surface area contributed by atoms with Gasteiger partial charge < -0.3 is 10.6 Å². The van der Waals surface area contributed by atoms with Crippen molar-refractivity contribution >= 4 is 17.5 Å². The van der Waals surface area contributed by atoms with Gasteiger partial charge in [0.15, 0.2) is 11.3 Å². The van der Waals surface area contributed by atoms with E-state index < -0.39 is 30.0 Å². The molecule has 3 aliphatic rings. The number of halogens is 3. The van der Waals surface area contributed by atoms with Gasteiger partial charge in [-0.1, -0.05) is 5.16 Å². The molecule has 0 spiro atoms. The molecule has 6 rings (SSSR count). The molecule has 0 unspecified atom stereocenters. The van der Waals surface area contributed by atoms with Gasteiger partial charge in [0.25, 0.3) is 5.91 Å². The van der Waals surface area contributed by atoms with E-state index in [1.54, 1.807) is 23.8 Å². The molecule has 0 aromatic carbocycles. The Morgan fingerprint density at radius 3 is 2.41 bits per heavy atom. The largest absolute Gasteiger partial charge is 0.349 e. The van der Waals surface area contributed by atoms with Crippen molar-refractivity contribution in [3.05, 3.63) is 41.1 Å². The molecule has 3 saturated carbocycles. The van der Waals surface area contributed by atoms with Crippen molar-refractivity contribution in [3.8, 4) is 0 Å². The maximum atomic E-state index is 13.9. The number of rotatable bonds is 8. The van der Waals surface area contributed by atoms with Crippen molar-refractivity contribution in [3.63, 3.8) is 0 Å². The second-order valence-electron chi connectivity index (χ2n) is 11.1. The third-order valence-electron chi connectivity index (χ3n) is 8.34. The predicted molar refractivity (Wildman–Crippen MR) is 130 cm³/mol. The Morgan fingerprint density at radius 1 is 1.05 bits per heavy atom. The summed E-state index contributed by atoms with van der Waals surface area (Å²) in [4.78, 5) is 30.4. The lowest BCUT2D eigenvalue weighted by Crippen LogP contribution is -2.43. The smallest absolute Gasteiger partial charge is 0.276 e. The SMILES string of the molecule is Cc1nonc1C(=O)N[C@H](c1cn2ncc([C@H](NC(=O)[C@@H]3CC[C@@H]3F)C3CC3)cc2n1)C1CCC(F)(F)CC1. The van der Waals surface area contributed by atoms with Crippen LogP contribution in [0.5, 0.6) is 0 Å². The molecule has 3 aromatic heterocycles. The quantitative estimate of drug-likeness (QED) is 0.438. The lowest BCUT2D eigenvalue weighted by Gasteiger charge is -2.33. The van der Waals surface area contributed by atoms with Gasteiger partial charge in [-0.15, -0.1) is 0 Å². The first-order chi connectivity index (χ1) is 18.7. The summed E-state index contributed by atoms with van der Waals surface area (Å²) in [7, 11) is 0. The normalized spacial score (nSPS) is 24.6. The Kier molecular flexibility index (Phi) is 6.54. The standard InChI is InChI=1S/C26H30F3N7O3/c1-13-21(35-39-34-13)25(38)33-23(15-6-8-26(28,29)9-7-15)19-12-36-20(31-19)10-16(11-30-36)22(14-2-3-14)32-24(37)17-4-5-18(17)27/h10-12,14-15,17-18,22-23H,2-9H2,1H3,(H,32,37)(H,33,38)/t17-,18+,22-,23+/m1/s1. The molecule has 3 heterocycles. The van der Waals surface area contributed by atoms with E-state index in [2.05, 4.69) is 30.7 Å². The van der Waals surface area contributed by atoms with Crippen LogP contribution in [0.15, 0.2) is 23.1 Å². The number of fused-ring (bicyclic) bond motifs is 1. The fourth-order valence-corrected chi connectivity index (χ4v) is 5.62. The van der Waals surface area contributed by atoms with Gasteiger partial charge in [0, 0.05) is 12.8 Å². The highest BCUT2D eigenvalue weighted by molar-refractivity contribution is 5.93. The van der Waals surface area contributed by atoms with Crippen LogP contribution in [-0.4, -0.2) is 48.8 Å². The Morgan fingerprint density at radius 2 is 1.79 bits per heavy atom. The maximum absolute atomic E-state index is 13.9. The molecule has 4 atom stereocenters. The molecule has 3 aliphatic carbocycles. The Hall–Kier alpha value is -3.51. The minimum atomic E-state index is -2.73. The number of imidazole rings is 1. The third kappa shape index (κ3) is 5.22. The van der Waals surface area contributed by atoms with E-state index in [0.717, 1.165) is 18.4 Å². The molecular weight excluding hydrogens is 515 g/mol. The van der Waals surface area contributed by atoms with Crippen LogP contribution >= 0.6 is 0 Å². The summed E-state index contributed by atoms with van der Waals surface area (Å²) in [6, 6.07) is 0.878. The highest BCUT2D eigenvalue weighted by atomic mass is 19.3. The monoisotopic (exact) mass is 545 g/mol. The second-order valence-corrected chi connectivity index (χ2v) is 11.1. The van der Waals surface area contributed by atoms with Crippen molar-refractivity contribution < 1.29 is 27.4 Å². The summed E-state index contributed by atoms with van der Waals surface area (Å²) in [6.07, 6.45) is 5.01. The van der Waals surface area contributed by atoms with Crippen LogP contribution in [0.25, 0.3) is 5.65 Å². The average molecular weight is 546 g/mol. The summed E-state index contributed by atoms with van der Waals surface area (Å²) < 4.78 is 47.9. The lowest BCUT2D eigenvalue weighted by molar-refractivity contribution is -0.131. The van der Waals surface area contributed by atoms with Crippen LogP contribution in [0.4, 0.5) is 13.2 Å². The van der Waals surface area contributed by atoms with Gasteiger partial charge in [0.2, 0.25) is 11.8 Å². The number of nitrogens with zero attached hydrogens (tertiary/aromatic N) is 5. The van der Waals surface area contributed by atoms with E-state index >= 15 is 0 Å². The molecule has 3 aromatic rings. The van der Waals surface area contributed by atoms with E-state index in [0.29, 0.717) is 29.9 Å². The van der Waals surface area contributed by atoms with E-state index in [-0.39, 0.29) is 55.2 Å². The fraction of sp³-hybridized carbons (Fsp3) is 0.615. The van der Waals surface area contributed by atoms with Crippen LogP contribution < -0.4 is 10.6 Å². The molecule has 0 bridgehead atoms. The van der Waals surface area contributed by atoms with Gasteiger partial charge in [-0.25, -0.2) is 27.3 Å². The molecule has 2 N–H and O–H groups in total. The molecule has 39 heavy (non-hydrogen) atoms. The van der Waals surface area contributed by atoms with E-state index in [4.69, 9.17) is 4.98 Å². The lowest BCUT2D eigenvalue weighted by atomic mass is 9.81. The van der Waals surface area contributed by atoms with Gasteiger partial charge in [-0.05, 0) is 74.1 Å². The van der Waals surface area contributed by atoms with Crippen molar-refractivity contribution in [1.29, 1.82) is 0 Å². The summed E-state index contributed by atoms with van der Waals surface area (Å²) >= 11 is 0. The van der Waals surface area contributed by atoms with Gasteiger partial charge in [-0.3, -0.25) is 9.59 Å². The number of aromatic nitrogens is 5. The van der Waals surface area contributed by atoms with Crippen molar-refractivity contribution in [2.24, 2.45) is 17.8 Å². The van der Waals surface area contributed by atoms with Crippen LogP contribution in [0.2, 0.25) is 0 Å². The zero-order chi connectivity index (χ0) is 27.3.